The molecule has 0 aromatic heterocycles. The highest BCUT2D eigenvalue weighted by Gasteiger charge is 2.42. The van der Waals surface area contributed by atoms with E-state index in [1.165, 1.54) is 5.75 Å². The van der Waals surface area contributed by atoms with Crippen LogP contribution in [0.2, 0.25) is 0 Å². The van der Waals surface area contributed by atoms with Crippen LogP contribution in [0.5, 0.6) is 5.75 Å². The van der Waals surface area contributed by atoms with Gasteiger partial charge in [0.1, 0.15) is 11.4 Å². The average Bonchev–Trinajstić information content (AvgIpc) is 2.68. The van der Waals surface area contributed by atoms with E-state index in [1.54, 1.807) is 0 Å². The lowest BCUT2D eigenvalue weighted by molar-refractivity contribution is 0.0615. The van der Waals surface area contributed by atoms with Gasteiger partial charge in [-0.3, -0.25) is 0 Å². The van der Waals surface area contributed by atoms with Crippen molar-refractivity contribution in [2.45, 2.75) is 24.5 Å². The Morgan fingerprint density at radius 3 is 3.12 bits per heavy atom. The zero-order valence-electron chi connectivity index (χ0n) is 8.91. The van der Waals surface area contributed by atoms with E-state index in [1.807, 2.05) is 23.9 Å². The molecular formula is C12H14BrNOS. The Morgan fingerprint density at radius 2 is 2.38 bits per heavy atom. The first-order chi connectivity index (χ1) is 7.69. The van der Waals surface area contributed by atoms with Crippen molar-refractivity contribution >= 4 is 27.7 Å². The van der Waals surface area contributed by atoms with Crippen LogP contribution in [-0.4, -0.2) is 17.1 Å². The average molecular weight is 300 g/mol. The van der Waals surface area contributed by atoms with Crippen LogP contribution < -0.4 is 10.5 Å². The lowest BCUT2D eigenvalue weighted by Gasteiger charge is -2.38. The molecule has 1 saturated heterocycles. The molecule has 2 aliphatic rings. The summed E-state index contributed by atoms with van der Waals surface area (Å²) in [5.41, 5.74) is 7.40. The second-order valence-corrected chi connectivity index (χ2v) is 6.60. The summed E-state index contributed by atoms with van der Waals surface area (Å²) in [5, 5.41) is 0. The van der Waals surface area contributed by atoms with Crippen molar-refractivity contribution in [3.63, 3.8) is 0 Å². The van der Waals surface area contributed by atoms with Gasteiger partial charge in [0.2, 0.25) is 0 Å². The fourth-order valence-electron chi connectivity index (χ4n) is 2.52. The summed E-state index contributed by atoms with van der Waals surface area (Å²) >= 11 is 5.45. The zero-order valence-corrected chi connectivity index (χ0v) is 11.3. The van der Waals surface area contributed by atoms with E-state index in [9.17, 15) is 0 Å². The van der Waals surface area contributed by atoms with Crippen molar-refractivity contribution in [2.24, 2.45) is 5.73 Å². The van der Waals surface area contributed by atoms with Gasteiger partial charge in [-0.1, -0.05) is 15.9 Å². The van der Waals surface area contributed by atoms with Crippen molar-refractivity contribution in [1.82, 2.24) is 0 Å². The number of fused-ring (bicyclic) bond motifs is 1. The highest BCUT2D eigenvalue weighted by Crippen LogP contribution is 2.45. The third kappa shape index (κ3) is 1.77. The Labute approximate surface area is 108 Å². The molecule has 0 amide bonds. The second kappa shape index (κ2) is 3.93. The van der Waals surface area contributed by atoms with Crippen molar-refractivity contribution in [3.05, 3.63) is 28.2 Å². The second-order valence-electron chi connectivity index (χ2n) is 4.58. The van der Waals surface area contributed by atoms with E-state index in [2.05, 4.69) is 22.0 Å². The summed E-state index contributed by atoms with van der Waals surface area (Å²) in [5.74, 6) is 3.25. The largest absolute Gasteiger partial charge is 0.486 e. The fraction of sp³-hybridized carbons (Fsp3) is 0.500. The Bertz CT molecular complexity index is 417. The molecule has 4 heteroatoms. The third-order valence-electron chi connectivity index (χ3n) is 3.36. The molecule has 1 fully saturated rings. The fourth-order valence-corrected chi connectivity index (χ4v) is 4.25. The predicted molar refractivity (Wildman–Crippen MR) is 71.0 cm³/mol. The normalized spacial score (nSPS) is 32.5. The maximum absolute atomic E-state index is 6.26. The molecule has 2 aliphatic heterocycles. The molecule has 1 aromatic carbocycles. The SMILES string of the molecule is NC1CC2(CCSC2)Oc2ccc(Br)cc21. The molecule has 1 spiro atoms. The Hall–Kier alpha value is -0.190. The Kier molecular flexibility index (Phi) is 2.68. The molecule has 0 saturated carbocycles. The number of hydrogen-bond donors (Lipinski definition) is 1. The summed E-state index contributed by atoms with van der Waals surface area (Å²) in [6.07, 6.45) is 2.07. The molecule has 2 heterocycles. The third-order valence-corrected chi connectivity index (χ3v) is 5.07. The molecule has 2 N–H and O–H groups in total. The summed E-state index contributed by atoms with van der Waals surface area (Å²) < 4.78 is 7.26. The quantitative estimate of drug-likeness (QED) is 0.799. The molecule has 0 aliphatic carbocycles. The van der Waals surface area contributed by atoms with Gasteiger partial charge in [-0.05, 0) is 30.4 Å². The Morgan fingerprint density at radius 1 is 1.50 bits per heavy atom. The highest BCUT2D eigenvalue weighted by molar-refractivity contribution is 9.10. The topological polar surface area (TPSA) is 35.2 Å². The maximum Gasteiger partial charge on any atom is 0.125 e. The van der Waals surface area contributed by atoms with E-state index >= 15 is 0 Å². The van der Waals surface area contributed by atoms with Crippen molar-refractivity contribution in [3.8, 4) is 5.75 Å². The minimum atomic E-state index is 0.00487. The van der Waals surface area contributed by atoms with Crippen molar-refractivity contribution < 1.29 is 4.74 Å². The van der Waals surface area contributed by atoms with Crippen LogP contribution in [0.4, 0.5) is 0 Å². The first kappa shape index (κ1) is 10.9. The molecule has 1 aromatic rings. The van der Waals surface area contributed by atoms with E-state index < -0.39 is 0 Å². The van der Waals surface area contributed by atoms with Gasteiger partial charge in [-0.15, -0.1) is 0 Å². The minimum Gasteiger partial charge on any atom is -0.486 e. The molecule has 2 nitrogen and oxygen atoms in total. The van der Waals surface area contributed by atoms with Crippen LogP contribution >= 0.6 is 27.7 Å². The maximum atomic E-state index is 6.26. The van der Waals surface area contributed by atoms with Crippen LogP contribution in [0.3, 0.4) is 0 Å². The number of ether oxygens (including phenoxy) is 1. The first-order valence-electron chi connectivity index (χ1n) is 5.50. The first-order valence-corrected chi connectivity index (χ1v) is 7.45. The lowest BCUT2D eigenvalue weighted by atomic mass is 9.87. The van der Waals surface area contributed by atoms with Crippen molar-refractivity contribution in [2.75, 3.05) is 11.5 Å². The number of nitrogens with two attached hydrogens (primary N) is 1. The molecule has 3 rings (SSSR count). The lowest BCUT2D eigenvalue weighted by Crippen LogP contribution is -2.42. The minimum absolute atomic E-state index is 0.00487. The molecule has 2 unspecified atom stereocenters. The van der Waals surface area contributed by atoms with Gasteiger partial charge in [-0.2, -0.15) is 11.8 Å². The van der Waals surface area contributed by atoms with E-state index in [0.717, 1.165) is 34.4 Å². The van der Waals surface area contributed by atoms with Crippen molar-refractivity contribution in [1.29, 1.82) is 0 Å². The van der Waals surface area contributed by atoms with Gasteiger partial charge in [0.15, 0.2) is 0 Å². The molecule has 0 bridgehead atoms. The zero-order chi connectivity index (χ0) is 11.2. The van der Waals surface area contributed by atoms with Crippen LogP contribution in [-0.2, 0) is 0 Å². The number of thioether (sulfide) groups is 1. The van der Waals surface area contributed by atoms with Gasteiger partial charge >= 0.3 is 0 Å². The van der Waals surface area contributed by atoms with Gasteiger partial charge < -0.3 is 10.5 Å². The smallest absolute Gasteiger partial charge is 0.125 e. The predicted octanol–water partition coefficient (Wildman–Crippen LogP) is 3.11. The van der Waals surface area contributed by atoms with Crippen LogP contribution in [0, 0.1) is 0 Å². The van der Waals surface area contributed by atoms with Gasteiger partial charge in [0.05, 0.1) is 0 Å². The van der Waals surface area contributed by atoms with Gasteiger partial charge in [0.25, 0.3) is 0 Å². The Balaban J connectivity index is 1.99. The van der Waals surface area contributed by atoms with Gasteiger partial charge in [0, 0.05) is 28.3 Å². The summed E-state index contributed by atoms with van der Waals surface area (Å²) in [6.45, 7) is 0. The molecule has 0 radical (unpaired) electrons. The molecule has 86 valence electrons. The van der Waals surface area contributed by atoms with Gasteiger partial charge in [-0.25, -0.2) is 0 Å². The number of hydrogen-bond acceptors (Lipinski definition) is 3. The summed E-state index contributed by atoms with van der Waals surface area (Å²) in [7, 11) is 0. The van der Waals surface area contributed by atoms with E-state index in [4.69, 9.17) is 10.5 Å². The van der Waals surface area contributed by atoms with Crippen LogP contribution in [0.15, 0.2) is 22.7 Å². The molecule has 16 heavy (non-hydrogen) atoms. The van der Waals surface area contributed by atoms with E-state index in [0.29, 0.717) is 0 Å². The number of halogens is 1. The summed E-state index contributed by atoms with van der Waals surface area (Å²) in [4.78, 5) is 0. The highest BCUT2D eigenvalue weighted by atomic mass is 79.9. The summed E-state index contributed by atoms with van der Waals surface area (Å²) in [6, 6.07) is 6.24. The van der Waals surface area contributed by atoms with E-state index in [-0.39, 0.29) is 11.6 Å². The van der Waals surface area contributed by atoms with Crippen LogP contribution in [0.1, 0.15) is 24.4 Å². The van der Waals surface area contributed by atoms with Crippen LogP contribution in [0.25, 0.3) is 0 Å². The monoisotopic (exact) mass is 299 g/mol. The standard InChI is InChI=1S/C12H14BrNOS/c13-8-1-2-11-9(5-8)10(14)6-12(15-11)3-4-16-7-12/h1-2,5,10H,3-4,6-7,14H2. The molecular weight excluding hydrogens is 286 g/mol. The number of benzene rings is 1. The number of rotatable bonds is 0. The molecule has 2 atom stereocenters.